The Morgan fingerprint density at radius 2 is 1.93 bits per heavy atom. The minimum atomic E-state index is -0.185. The van der Waals surface area contributed by atoms with Crippen LogP contribution in [0.15, 0.2) is 73.2 Å². The van der Waals surface area contributed by atoms with Crippen molar-refractivity contribution >= 4 is 23.2 Å². The number of rotatable bonds is 6. The first-order valence-corrected chi connectivity index (χ1v) is 9.72. The van der Waals surface area contributed by atoms with Crippen LogP contribution in [0.3, 0.4) is 0 Å². The molecule has 0 fully saturated rings. The quantitative estimate of drug-likeness (QED) is 0.510. The second kappa shape index (κ2) is 8.32. The lowest BCUT2D eigenvalue weighted by Crippen LogP contribution is -2.14. The van der Waals surface area contributed by atoms with Crippen LogP contribution in [0.25, 0.3) is 5.69 Å². The zero-order valence-electron chi connectivity index (χ0n) is 15.9. The maximum Gasteiger partial charge on any atom is 0.259 e. The van der Waals surface area contributed by atoms with Gasteiger partial charge in [0.1, 0.15) is 0 Å². The minimum Gasteiger partial charge on any atom is -0.322 e. The SMILES string of the molecule is CCc1c(C(=O)Nc2ccc(Cn3cccn3)cc2)cnn1-c1cccc(Cl)c1. The fraction of sp³-hybridized carbons (Fsp3) is 0.136. The van der Waals surface area contributed by atoms with E-state index in [-0.39, 0.29) is 5.91 Å². The number of aromatic nitrogens is 4. The van der Waals surface area contributed by atoms with Crippen LogP contribution in [-0.4, -0.2) is 25.5 Å². The topological polar surface area (TPSA) is 64.7 Å². The van der Waals surface area contributed by atoms with Gasteiger partial charge in [-0.3, -0.25) is 9.48 Å². The molecule has 2 aromatic heterocycles. The van der Waals surface area contributed by atoms with Crippen LogP contribution in [-0.2, 0) is 13.0 Å². The zero-order chi connectivity index (χ0) is 20.2. The summed E-state index contributed by atoms with van der Waals surface area (Å²) in [6.45, 7) is 2.69. The van der Waals surface area contributed by atoms with Crippen LogP contribution in [0.1, 0.15) is 28.5 Å². The van der Waals surface area contributed by atoms with Crippen LogP contribution >= 0.6 is 11.6 Å². The Balaban J connectivity index is 1.51. The minimum absolute atomic E-state index is 0.185. The molecular weight excluding hydrogens is 386 g/mol. The van der Waals surface area contributed by atoms with Crippen LogP contribution in [0.4, 0.5) is 5.69 Å². The maximum absolute atomic E-state index is 12.8. The number of anilines is 1. The van der Waals surface area contributed by atoms with Crippen LogP contribution in [0.5, 0.6) is 0 Å². The fourth-order valence-electron chi connectivity index (χ4n) is 3.21. The summed E-state index contributed by atoms with van der Waals surface area (Å²) in [5, 5.41) is 12.2. The molecule has 0 aliphatic heterocycles. The van der Waals surface area contributed by atoms with E-state index in [2.05, 4.69) is 15.5 Å². The second-order valence-corrected chi connectivity index (χ2v) is 7.04. The lowest BCUT2D eigenvalue weighted by molar-refractivity contribution is 0.102. The number of hydrogen-bond donors (Lipinski definition) is 1. The van der Waals surface area contributed by atoms with Gasteiger partial charge in [0, 0.05) is 23.1 Å². The summed E-state index contributed by atoms with van der Waals surface area (Å²) >= 11 is 6.10. The van der Waals surface area contributed by atoms with E-state index in [1.807, 2.05) is 72.4 Å². The van der Waals surface area contributed by atoms with Crippen molar-refractivity contribution < 1.29 is 4.79 Å². The molecule has 6 nitrogen and oxygen atoms in total. The van der Waals surface area contributed by atoms with Gasteiger partial charge in [-0.1, -0.05) is 36.7 Å². The monoisotopic (exact) mass is 405 g/mol. The molecule has 0 unspecified atom stereocenters. The largest absolute Gasteiger partial charge is 0.322 e. The normalized spacial score (nSPS) is 10.8. The van der Waals surface area contributed by atoms with E-state index >= 15 is 0 Å². The van der Waals surface area contributed by atoms with Crippen molar-refractivity contribution in [1.82, 2.24) is 19.6 Å². The van der Waals surface area contributed by atoms with E-state index in [0.29, 0.717) is 23.6 Å². The highest BCUT2D eigenvalue weighted by molar-refractivity contribution is 6.30. The van der Waals surface area contributed by atoms with E-state index in [1.54, 1.807) is 17.1 Å². The maximum atomic E-state index is 12.8. The third-order valence-electron chi connectivity index (χ3n) is 4.62. The van der Waals surface area contributed by atoms with Gasteiger partial charge >= 0.3 is 0 Å². The third-order valence-corrected chi connectivity index (χ3v) is 4.85. The number of hydrogen-bond acceptors (Lipinski definition) is 3. The van der Waals surface area contributed by atoms with Gasteiger partial charge in [-0.2, -0.15) is 10.2 Å². The average molecular weight is 406 g/mol. The first kappa shape index (κ1) is 19.0. The number of benzene rings is 2. The van der Waals surface area contributed by atoms with Crippen LogP contribution < -0.4 is 5.32 Å². The molecule has 7 heteroatoms. The Kier molecular flexibility index (Phi) is 5.44. The van der Waals surface area contributed by atoms with Crippen molar-refractivity contribution in [3.05, 3.63) is 95.0 Å². The number of nitrogens with zero attached hydrogens (tertiary/aromatic N) is 4. The lowest BCUT2D eigenvalue weighted by atomic mass is 10.1. The van der Waals surface area contributed by atoms with E-state index in [4.69, 9.17) is 11.6 Å². The van der Waals surface area contributed by atoms with E-state index in [1.165, 1.54) is 0 Å². The number of amides is 1. The molecule has 146 valence electrons. The van der Waals surface area contributed by atoms with Gasteiger partial charge in [0.2, 0.25) is 0 Å². The molecule has 4 aromatic rings. The van der Waals surface area contributed by atoms with Crippen molar-refractivity contribution in [3.63, 3.8) is 0 Å². The van der Waals surface area contributed by atoms with Gasteiger partial charge in [0.25, 0.3) is 5.91 Å². The Hall–Kier alpha value is -3.38. The fourth-order valence-corrected chi connectivity index (χ4v) is 3.39. The van der Waals surface area contributed by atoms with Crippen molar-refractivity contribution in [2.24, 2.45) is 0 Å². The van der Waals surface area contributed by atoms with Gasteiger partial charge in [-0.05, 0) is 48.4 Å². The summed E-state index contributed by atoms with van der Waals surface area (Å²) in [6.07, 6.45) is 5.93. The van der Waals surface area contributed by atoms with Crippen molar-refractivity contribution in [1.29, 1.82) is 0 Å². The van der Waals surface area contributed by atoms with Gasteiger partial charge < -0.3 is 5.32 Å². The standard InChI is InChI=1S/C22H20ClN5O/c1-2-21-20(14-25-28(21)19-6-3-5-17(23)13-19)22(29)26-18-9-7-16(8-10-18)15-27-12-4-11-24-27/h3-14H,2,15H2,1H3,(H,26,29). The van der Waals surface area contributed by atoms with Crippen molar-refractivity contribution in [2.45, 2.75) is 19.9 Å². The Morgan fingerprint density at radius 1 is 1.10 bits per heavy atom. The van der Waals surface area contributed by atoms with Crippen LogP contribution in [0, 0.1) is 0 Å². The molecule has 0 spiro atoms. The molecule has 0 bridgehead atoms. The molecule has 0 atom stereocenters. The highest BCUT2D eigenvalue weighted by Crippen LogP contribution is 2.20. The highest BCUT2D eigenvalue weighted by atomic mass is 35.5. The molecule has 1 amide bonds. The van der Waals surface area contributed by atoms with E-state index < -0.39 is 0 Å². The summed E-state index contributed by atoms with van der Waals surface area (Å²) in [5.41, 5.74) is 4.05. The number of halogens is 1. The summed E-state index contributed by atoms with van der Waals surface area (Å²) in [7, 11) is 0. The smallest absolute Gasteiger partial charge is 0.259 e. The molecule has 0 radical (unpaired) electrons. The molecule has 0 aliphatic rings. The van der Waals surface area contributed by atoms with Gasteiger partial charge in [0.05, 0.1) is 29.7 Å². The Labute approximate surface area is 173 Å². The molecule has 2 aromatic carbocycles. The predicted octanol–water partition coefficient (Wildman–Crippen LogP) is 4.59. The molecule has 1 N–H and O–H groups in total. The average Bonchev–Trinajstić information content (AvgIpc) is 3.39. The highest BCUT2D eigenvalue weighted by Gasteiger charge is 2.17. The number of carbonyl (C=O) groups is 1. The molecule has 2 heterocycles. The number of nitrogens with one attached hydrogen (secondary N) is 1. The Bertz CT molecular complexity index is 1120. The summed E-state index contributed by atoms with van der Waals surface area (Å²) < 4.78 is 3.61. The van der Waals surface area contributed by atoms with E-state index in [9.17, 15) is 4.79 Å². The van der Waals surface area contributed by atoms with Crippen molar-refractivity contribution in [3.8, 4) is 5.69 Å². The molecule has 4 rings (SSSR count). The van der Waals surface area contributed by atoms with Crippen molar-refractivity contribution in [2.75, 3.05) is 5.32 Å². The summed E-state index contributed by atoms with van der Waals surface area (Å²) in [5.74, 6) is -0.185. The summed E-state index contributed by atoms with van der Waals surface area (Å²) in [4.78, 5) is 12.8. The number of carbonyl (C=O) groups excluding carboxylic acids is 1. The molecule has 0 saturated carbocycles. The van der Waals surface area contributed by atoms with Gasteiger partial charge in [-0.15, -0.1) is 0 Å². The van der Waals surface area contributed by atoms with Crippen LogP contribution in [0.2, 0.25) is 5.02 Å². The summed E-state index contributed by atoms with van der Waals surface area (Å²) in [6, 6.07) is 17.1. The third kappa shape index (κ3) is 4.22. The second-order valence-electron chi connectivity index (χ2n) is 6.60. The van der Waals surface area contributed by atoms with E-state index in [0.717, 1.165) is 22.6 Å². The molecule has 29 heavy (non-hydrogen) atoms. The first-order valence-electron chi connectivity index (χ1n) is 9.34. The first-order chi connectivity index (χ1) is 14.1. The molecular formula is C22H20ClN5O. The molecule has 0 saturated heterocycles. The predicted molar refractivity (Wildman–Crippen MR) is 114 cm³/mol. The molecule has 0 aliphatic carbocycles. The Morgan fingerprint density at radius 3 is 2.62 bits per heavy atom. The van der Waals surface area contributed by atoms with Gasteiger partial charge in [-0.25, -0.2) is 4.68 Å². The van der Waals surface area contributed by atoms with Gasteiger partial charge in [0.15, 0.2) is 0 Å². The zero-order valence-corrected chi connectivity index (χ0v) is 16.7. The lowest BCUT2D eigenvalue weighted by Gasteiger charge is -2.09.